The zero-order valence-corrected chi connectivity index (χ0v) is 26.8. The van der Waals surface area contributed by atoms with Crippen LogP contribution in [0.3, 0.4) is 0 Å². The van der Waals surface area contributed by atoms with Crippen molar-refractivity contribution in [2.24, 2.45) is 0 Å². The van der Waals surface area contributed by atoms with Crippen molar-refractivity contribution < 1.29 is 60.6 Å². The number of aryl methyl sites for hydroxylation is 1. The van der Waals surface area contributed by atoms with Gasteiger partial charge in [0.1, 0.15) is 25.9 Å². The summed E-state index contributed by atoms with van der Waals surface area (Å²) in [4.78, 5) is 42.2. The van der Waals surface area contributed by atoms with Crippen LogP contribution in [-0.2, 0) is 57.2 Å². The standard InChI is InChI=1S/C13H16O5S.C7H10O3.C5H8O3.C5H8O2/c1-10(2)13(14)17-8-9-18-19(15,16)12-6-4-11(3)5-7-12;1-5(2)7(8)10-4-6-3-9-6;1-3-8-5(7)4(2)6;1-4(2)5(6)7-3/h4-7H,1,8-9H2,2-3H3;6H,1,3-4H2,2H3;6H,2-3H2,1H3;1H2,2-3H3. The Kier molecular flexibility index (Phi) is 21.2. The summed E-state index contributed by atoms with van der Waals surface area (Å²) in [5.41, 5.74) is 2.07. The van der Waals surface area contributed by atoms with Gasteiger partial charge in [-0.1, -0.05) is 37.4 Å². The number of epoxide rings is 1. The van der Waals surface area contributed by atoms with Gasteiger partial charge >= 0.3 is 23.9 Å². The third-order valence-corrected chi connectivity index (χ3v) is 5.74. The van der Waals surface area contributed by atoms with Gasteiger partial charge in [-0.2, -0.15) is 8.42 Å². The maximum Gasteiger partial charge on any atom is 0.372 e. The van der Waals surface area contributed by atoms with E-state index in [1.54, 1.807) is 32.9 Å². The molecule has 246 valence electrons. The minimum Gasteiger partial charge on any atom is -0.502 e. The molecule has 0 aromatic heterocycles. The van der Waals surface area contributed by atoms with E-state index in [2.05, 4.69) is 35.8 Å². The number of ether oxygens (including phenoxy) is 5. The number of esters is 4. The molecule has 0 aliphatic carbocycles. The Balaban J connectivity index is 0. The Morgan fingerprint density at radius 2 is 1.32 bits per heavy atom. The minimum atomic E-state index is -3.81. The Morgan fingerprint density at radius 1 is 0.841 bits per heavy atom. The van der Waals surface area contributed by atoms with Crippen molar-refractivity contribution in [2.75, 3.05) is 40.1 Å². The van der Waals surface area contributed by atoms with Crippen LogP contribution in [0.15, 0.2) is 78.0 Å². The molecule has 0 bridgehead atoms. The third-order valence-electron chi connectivity index (χ3n) is 4.41. The van der Waals surface area contributed by atoms with E-state index in [0.717, 1.165) is 5.56 Å². The quantitative estimate of drug-likeness (QED) is 0.0664. The first-order chi connectivity index (χ1) is 20.4. The smallest absolute Gasteiger partial charge is 0.372 e. The highest BCUT2D eigenvalue weighted by Gasteiger charge is 2.24. The molecule has 1 aromatic carbocycles. The molecule has 13 nitrogen and oxygen atoms in total. The van der Waals surface area contributed by atoms with Gasteiger partial charge in [-0.15, -0.1) is 0 Å². The molecule has 14 heteroatoms. The Morgan fingerprint density at radius 3 is 1.66 bits per heavy atom. The zero-order chi connectivity index (χ0) is 34.5. The predicted octanol–water partition coefficient (Wildman–Crippen LogP) is 3.68. The van der Waals surface area contributed by atoms with E-state index >= 15 is 0 Å². The maximum atomic E-state index is 11.7. The number of hydrogen-bond acceptors (Lipinski definition) is 13. The van der Waals surface area contributed by atoms with Gasteiger partial charge in [0.2, 0.25) is 0 Å². The normalized spacial score (nSPS) is 12.5. The summed E-state index contributed by atoms with van der Waals surface area (Å²) < 4.78 is 51.1. The second kappa shape index (κ2) is 22.3. The molecule has 1 N–H and O–H groups in total. The highest BCUT2D eigenvalue weighted by atomic mass is 32.2. The fraction of sp³-hybridized carbons (Fsp3) is 0.400. The van der Waals surface area contributed by atoms with Crippen molar-refractivity contribution in [1.29, 1.82) is 0 Å². The molecule has 1 aliphatic heterocycles. The van der Waals surface area contributed by atoms with Gasteiger partial charge in [-0.25, -0.2) is 19.2 Å². The first-order valence-electron chi connectivity index (χ1n) is 12.9. The lowest BCUT2D eigenvalue weighted by Crippen LogP contribution is -2.14. The number of aliphatic hydroxyl groups is 1. The first kappa shape index (κ1) is 41.9. The Hall–Kier alpha value is -4.27. The summed E-state index contributed by atoms with van der Waals surface area (Å²) in [7, 11) is -2.48. The number of aliphatic hydroxyl groups excluding tert-OH is 1. The molecule has 0 amide bonds. The summed E-state index contributed by atoms with van der Waals surface area (Å²) in [6, 6.07) is 6.28. The highest BCUT2D eigenvalue weighted by molar-refractivity contribution is 7.86. The molecule has 0 radical (unpaired) electrons. The van der Waals surface area contributed by atoms with Crippen LogP contribution < -0.4 is 0 Å². The van der Waals surface area contributed by atoms with E-state index in [1.165, 1.54) is 26.2 Å². The fourth-order valence-electron chi connectivity index (χ4n) is 2.02. The second-order valence-corrected chi connectivity index (χ2v) is 10.4. The molecule has 0 saturated carbocycles. The van der Waals surface area contributed by atoms with Gasteiger partial charge in [0.15, 0.2) is 5.76 Å². The van der Waals surface area contributed by atoms with Gasteiger partial charge in [0.05, 0.1) is 25.2 Å². The number of benzene rings is 1. The molecule has 1 aliphatic rings. The zero-order valence-electron chi connectivity index (χ0n) is 26.0. The third kappa shape index (κ3) is 21.4. The summed E-state index contributed by atoms with van der Waals surface area (Å²) in [6.07, 6.45) is 0.142. The van der Waals surface area contributed by atoms with E-state index in [4.69, 9.17) is 23.5 Å². The molecule has 1 aromatic rings. The van der Waals surface area contributed by atoms with Crippen molar-refractivity contribution in [3.8, 4) is 0 Å². The number of rotatable bonds is 12. The van der Waals surface area contributed by atoms with Crippen LogP contribution in [0.2, 0.25) is 0 Å². The summed E-state index contributed by atoms with van der Waals surface area (Å²) in [5.74, 6) is -2.56. The van der Waals surface area contributed by atoms with Crippen LogP contribution in [0.25, 0.3) is 0 Å². The number of hydrogen-bond donors (Lipinski definition) is 1. The SMILES string of the molecule is C=C(C)C(=O)OC.C=C(C)C(=O)OCC1CO1.C=C(C)C(=O)OCCOS(=O)(=O)c1ccc(C)cc1.C=C(O)C(=O)OCC. The summed E-state index contributed by atoms with van der Waals surface area (Å²) >= 11 is 0. The molecule has 1 fully saturated rings. The monoisotopic (exact) mass is 642 g/mol. The average Bonchev–Trinajstić information content (AvgIpc) is 3.79. The molecular formula is C30H42O13S. The van der Waals surface area contributed by atoms with Gasteiger partial charge in [0.25, 0.3) is 10.1 Å². The lowest BCUT2D eigenvalue weighted by atomic mass is 10.2. The van der Waals surface area contributed by atoms with E-state index in [-0.39, 0.29) is 48.3 Å². The lowest BCUT2D eigenvalue weighted by Gasteiger charge is -2.07. The molecule has 1 heterocycles. The van der Waals surface area contributed by atoms with Crippen molar-refractivity contribution >= 4 is 34.0 Å². The fourth-order valence-corrected chi connectivity index (χ4v) is 2.91. The molecule has 0 spiro atoms. The molecular weight excluding hydrogens is 600 g/mol. The van der Waals surface area contributed by atoms with Gasteiger partial charge in [-0.05, 0) is 53.3 Å². The Bertz CT molecular complexity index is 1260. The summed E-state index contributed by atoms with van der Waals surface area (Å²) in [5, 5.41) is 8.28. The van der Waals surface area contributed by atoms with Crippen LogP contribution in [0.4, 0.5) is 0 Å². The minimum absolute atomic E-state index is 0.0735. The predicted molar refractivity (Wildman–Crippen MR) is 161 cm³/mol. The van der Waals surface area contributed by atoms with Crippen molar-refractivity contribution in [3.05, 3.63) is 78.6 Å². The van der Waals surface area contributed by atoms with Crippen LogP contribution >= 0.6 is 0 Å². The van der Waals surface area contributed by atoms with E-state index in [1.807, 2.05) is 6.92 Å². The maximum absolute atomic E-state index is 11.7. The van der Waals surface area contributed by atoms with Crippen molar-refractivity contribution in [2.45, 2.75) is 45.6 Å². The Labute approximate surface area is 258 Å². The topological polar surface area (TPSA) is 181 Å². The summed E-state index contributed by atoms with van der Waals surface area (Å²) in [6.45, 7) is 22.4. The second-order valence-electron chi connectivity index (χ2n) is 8.78. The van der Waals surface area contributed by atoms with Gasteiger partial charge in [0, 0.05) is 16.7 Å². The molecule has 1 atom stereocenters. The molecule has 44 heavy (non-hydrogen) atoms. The number of methoxy groups -OCH3 is 1. The molecule has 1 unspecified atom stereocenters. The number of carbonyl (C=O) groups is 4. The van der Waals surface area contributed by atoms with E-state index in [9.17, 15) is 27.6 Å². The first-order valence-corrected chi connectivity index (χ1v) is 14.3. The average molecular weight is 643 g/mol. The molecule has 2 rings (SSSR count). The van der Waals surface area contributed by atoms with Gasteiger partial charge < -0.3 is 28.8 Å². The van der Waals surface area contributed by atoms with E-state index in [0.29, 0.717) is 24.4 Å². The van der Waals surface area contributed by atoms with Crippen LogP contribution in [0.5, 0.6) is 0 Å². The van der Waals surface area contributed by atoms with Crippen molar-refractivity contribution in [3.63, 3.8) is 0 Å². The van der Waals surface area contributed by atoms with Gasteiger partial charge in [-0.3, -0.25) is 4.18 Å². The lowest BCUT2D eigenvalue weighted by molar-refractivity contribution is -0.141. The van der Waals surface area contributed by atoms with Crippen molar-refractivity contribution in [1.82, 2.24) is 0 Å². The molecule has 1 saturated heterocycles. The number of carbonyl (C=O) groups excluding carboxylic acids is 4. The van der Waals surface area contributed by atoms with Crippen LogP contribution in [0, 0.1) is 6.92 Å². The van der Waals surface area contributed by atoms with E-state index < -0.39 is 27.8 Å². The highest BCUT2D eigenvalue weighted by Crippen LogP contribution is 2.13. The van der Waals surface area contributed by atoms with Crippen LogP contribution in [-0.4, -0.2) is 83.6 Å². The van der Waals surface area contributed by atoms with Crippen LogP contribution in [0.1, 0.15) is 33.3 Å². The largest absolute Gasteiger partial charge is 0.502 e.